The zero-order valence-corrected chi connectivity index (χ0v) is 21.6. The van der Waals surface area contributed by atoms with Crippen LogP contribution in [0.3, 0.4) is 0 Å². The third kappa shape index (κ3) is 7.24. The molecule has 11 nitrogen and oxygen atoms in total. The van der Waals surface area contributed by atoms with Crippen LogP contribution in [0.1, 0.15) is 37.7 Å². The van der Waals surface area contributed by atoms with Crippen LogP contribution < -0.4 is 22.1 Å². The minimum Gasteiger partial charge on any atom is -0.480 e. The van der Waals surface area contributed by atoms with Crippen LogP contribution in [0.4, 0.5) is 0 Å². The van der Waals surface area contributed by atoms with Crippen molar-refractivity contribution < 1.29 is 24.3 Å². The number of amides is 3. The molecule has 4 unspecified atom stereocenters. The molecule has 2 aromatic rings. The molecular formula is C25H36N6O5S. The van der Waals surface area contributed by atoms with Gasteiger partial charge in [0.15, 0.2) is 0 Å². The van der Waals surface area contributed by atoms with Crippen molar-refractivity contribution in [3.05, 3.63) is 36.0 Å². The number of thiol groups is 1. The Morgan fingerprint density at radius 3 is 2.62 bits per heavy atom. The quantitative estimate of drug-likeness (QED) is 0.141. The fourth-order valence-corrected chi connectivity index (χ4v) is 4.77. The second-order valence-corrected chi connectivity index (χ2v) is 9.65. The maximum Gasteiger partial charge on any atom is 0.326 e. The molecule has 37 heavy (non-hydrogen) atoms. The van der Waals surface area contributed by atoms with E-state index in [-0.39, 0.29) is 24.5 Å². The van der Waals surface area contributed by atoms with Crippen LogP contribution in [-0.4, -0.2) is 81.7 Å². The lowest BCUT2D eigenvalue weighted by Gasteiger charge is -2.28. The number of benzene rings is 1. The number of aromatic nitrogens is 1. The minimum absolute atomic E-state index is 0.0705. The number of nitrogens with two attached hydrogens (primary N) is 2. The predicted octanol–water partition coefficient (Wildman–Crippen LogP) is 0.142. The molecule has 202 valence electrons. The minimum atomic E-state index is -1.20. The Hall–Kier alpha value is -3.09. The van der Waals surface area contributed by atoms with Gasteiger partial charge >= 0.3 is 5.97 Å². The molecule has 4 atom stereocenters. The van der Waals surface area contributed by atoms with E-state index in [9.17, 15) is 24.3 Å². The number of rotatable bonds is 13. The Labute approximate surface area is 221 Å². The van der Waals surface area contributed by atoms with Gasteiger partial charge in [-0.2, -0.15) is 12.6 Å². The number of fused-ring (bicyclic) bond motifs is 1. The van der Waals surface area contributed by atoms with Crippen LogP contribution in [0.2, 0.25) is 0 Å². The lowest BCUT2D eigenvalue weighted by atomic mass is 10.0. The van der Waals surface area contributed by atoms with E-state index in [1.807, 2.05) is 24.3 Å². The molecule has 0 saturated carbocycles. The summed E-state index contributed by atoms with van der Waals surface area (Å²) in [6, 6.07) is 3.77. The summed E-state index contributed by atoms with van der Waals surface area (Å²) < 4.78 is 0. The van der Waals surface area contributed by atoms with Crippen molar-refractivity contribution in [3.63, 3.8) is 0 Å². The van der Waals surface area contributed by atoms with Crippen molar-refractivity contribution in [2.45, 2.75) is 62.7 Å². The Morgan fingerprint density at radius 2 is 1.92 bits per heavy atom. The number of carbonyl (C=O) groups is 4. The van der Waals surface area contributed by atoms with Gasteiger partial charge in [0.05, 0.1) is 6.04 Å². The molecule has 1 aliphatic heterocycles. The lowest BCUT2D eigenvalue weighted by molar-refractivity contribution is -0.143. The highest BCUT2D eigenvalue weighted by atomic mass is 32.1. The molecule has 12 heteroatoms. The molecular weight excluding hydrogens is 496 g/mol. The van der Waals surface area contributed by atoms with E-state index in [1.165, 1.54) is 4.90 Å². The topological polar surface area (TPSA) is 184 Å². The Balaban J connectivity index is 1.72. The van der Waals surface area contributed by atoms with E-state index in [1.54, 1.807) is 6.20 Å². The first kappa shape index (κ1) is 28.5. The predicted molar refractivity (Wildman–Crippen MR) is 143 cm³/mol. The third-order valence-corrected chi connectivity index (χ3v) is 7.04. The van der Waals surface area contributed by atoms with E-state index in [4.69, 9.17) is 11.5 Å². The number of nitrogens with one attached hydrogen (secondary N) is 3. The summed E-state index contributed by atoms with van der Waals surface area (Å²) in [5.74, 6) is -2.45. The van der Waals surface area contributed by atoms with Gasteiger partial charge in [-0.15, -0.1) is 0 Å². The van der Waals surface area contributed by atoms with Gasteiger partial charge in [0.2, 0.25) is 17.7 Å². The summed E-state index contributed by atoms with van der Waals surface area (Å²) in [5, 5.41) is 16.0. The molecule has 0 bridgehead atoms. The number of carboxylic acid groups (broad SMARTS) is 1. The van der Waals surface area contributed by atoms with Crippen LogP contribution in [0, 0.1) is 0 Å². The third-order valence-electron chi connectivity index (χ3n) is 6.65. The number of hydrogen-bond acceptors (Lipinski definition) is 7. The fraction of sp³-hybridized carbons (Fsp3) is 0.520. The van der Waals surface area contributed by atoms with Crippen LogP contribution in [-0.2, 0) is 25.6 Å². The van der Waals surface area contributed by atoms with E-state index in [0.29, 0.717) is 38.8 Å². The highest BCUT2D eigenvalue weighted by Gasteiger charge is 2.37. The summed E-state index contributed by atoms with van der Waals surface area (Å²) in [6.07, 6.45) is 4.38. The number of aromatic amines is 1. The monoisotopic (exact) mass is 532 g/mol. The summed E-state index contributed by atoms with van der Waals surface area (Å²) in [6.45, 7) is 0.821. The number of nitrogens with zero attached hydrogens (tertiary/aromatic N) is 1. The van der Waals surface area contributed by atoms with Gasteiger partial charge < -0.3 is 37.1 Å². The smallest absolute Gasteiger partial charge is 0.326 e. The molecule has 8 N–H and O–H groups in total. The van der Waals surface area contributed by atoms with E-state index < -0.39 is 42.0 Å². The maximum atomic E-state index is 13.2. The number of para-hydroxylation sites is 1. The summed E-state index contributed by atoms with van der Waals surface area (Å²) in [4.78, 5) is 55.5. The molecule has 3 amide bonds. The normalized spacial score (nSPS) is 17.8. The van der Waals surface area contributed by atoms with E-state index in [0.717, 1.165) is 16.5 Å². The molecule has 2 heterocycles. The average Bonchev–Trinajstić information content (AvgIpc) is 3.54. The number of likely N-dealkylation sites (tertiary alicyclic amines) is 1. The van der Waals surface area contributed by atoms with Crippen molar-refractivity contribution in [2.24, 2.45) is 11.5 Å². The van der Waals surface area contributed by atoms with Gasteiger partial charge in [-0.1, -0.05) is 18.2 Å². The first-order valence-electron chi connectivity index (χ1n) is 12.5. The van der Waals surface area contributed by atoms with Gasteiger partial charge in [0.1, 0.15) is 18.1 Å². The Kier molecular flexibility index (Phi) is 10.4. The van der Waals surface area contributed by atoms with Gasteiger partial charge in [-0.3, -0.25) is 14.4 Å². The molecule has 1 fully saturated rings. The standard InChI is InChI=1S/C25H36N6O5S/c26-10-4-3-8-19(29-23(33)21-9-5-11-31(21)24(34)17(27)14-37)22(32)30-20(25(35)36)12-15-13-28-18-7-2-1-6-16(15)18/h1-2,6-7,13,17,19-21,28,37H,3-5,8-12,14,26-27H2,(H,29,33)(H,30,32)(H,35,36). The van der Waals surface area contributed by atoms with Crippen LogP contribution >= 0.6 is 12.6 Å². The largest absolute Gasteiger partial charge is 0.480 e. The zero-order chi connectivity index (χ0) is 26.9. The van der Waals surface area contributed by atoms with Crippen molar-refractivity contribution in [1.82, 2.24) is 20.5 Å². The molecule has 1 saturated heterocycles. The zero-order valence-electron chi connectivity index (χ0n) is 20.7. The van der Waals surface area contributed by atoms with Gasteiger partial charge in [-0.25, -0.2) is 4.79 Å². The molecule has 1 aromatic heterocycles. The molecule has 0 radical (unpaired) electrons. The van der Waals surface area contributed by atoms with Gasteiger partial charge in [0, 0.05) is 35.8 Å². The summed E-state index contributed by atoms with van der Waals surface area (Å²) >= 11 is 4.07. The Bertz CT molecular complexity index is 1110. The number of carboxylic acids is 1. The maximum absolute atomic E-state index is 13.2. The molecule has 3 rings (SSSR count). The SMILES string of the molecule is NCCCCC(NC(=O)C1CCCN1C(=O)C(N)CS)C(=O)NC(Cc1c[nH]c2ccccc12)C(=O)O. The first-order valence-corrected chi connectivity index (χ1v) is 13.2. The highest BCUT2D eigenvalue weighted by molar-refractivity contribution is 7.80. The van der Waals surface area contributed by atoms with E-state index >= 15 is 0 Å². The van der Waals surface area contributed by atoms with Crippen molar-refractivity contribution in [3.8, 4) is 0 Å². The average molecular weight is 533 g/mol. The second-order valence-electron chi connectivity index (χ2n) is 9.29. The van der Waals surface area contributed by atoms with Gasteiger partial charge in [-0.05, 0) is 50.3 Å². The number of aliphatic carboxylic acids is 1. The molecule has 0 aliphatic carbocycles. The van der Waals surface area contributed by atoms with Crippen LogP contribution in [0.15, 0.2) is 30.5 Å². The van der Waals surface area contributed by atoms with Gasteiger partial charge in [0.25, 0.3) is 0 Å². The van der Waals surface area contributed by atoms with Crippen molar-refractivity contribution >= 4 is 47.2 Å². The number of carbonyl (C=O) groups excluding carboxylic acids is 3. The van der Waals surface area contributed by atoms with Crippen molar-refractivity contribution in [2.75, 3.05) is 18.8 Å². The number of hydrogen-bond donors (Lipinski definition) is 7. The fourth-order valence-electron chi connectivity index (χ4n) is 4.62. The number of unbranched alkanes of at least 4 members (excludes halogenated alkanes) is 1. The van der Waals surface area contributed by atoms with Crippen LogP contribution in [0.25, 0.3) is 10.9 Å². The molecule has 1 aliphatic rings. The summed E-state index contributed by atoms with van der Waals surface area (Å²) in [7, 11) is 0. The highest BCUT2D eigenvalue weighted by Crippen LogP contribution is 2.20. The second kappa shape index (κ2) is 13.5. The van der Waals surface area contributed by atoms with Crippen LogP contribution in [0.5, 0.6) is 0 Å². The molecule has 0 spiro atoms. The number of H-pyrrole nitrogens is 1. The van der Waals surface area contributed by atoms with Crippen molar-refractivity contribution in [1.29, 1.82) is 0 Å². The first-order chi connectivity index (χ1) is 17.8. The van der Waals surface area contributed by atoms with E-state index in [2.05, 4.69) is 28.2 Å². The molecule has 1 aromatic carbocycles. The summed E-state index contributed by atoms with van der Waals surface area (Å²) in [5.41, 5.74) is 13.1. The lowest BCUT2D eigenvalue weighted by Crippen LogP contribution is -2.57. The Morgan fingerprint density at radius 1 is 1.16 bits per heavy atom.